The summed E-state index contributed by atoms with van der Waals surface area (Å²) in [6, 6.07) is 2.68. The molecule has 2 heterocycles. The average Bonchev–Trinajstić information content (AvgIpc) is 3.17. The first-order valence-electron chi connectivity index (χ1n) is 8.06. The molecule has 0 unspecified atom stereocenters. The van der Waals surface area contributed by atoms with Gasteiger partial charge in [0, 0.05) is 12.6 Å². The van der Waals surface area contributed by atoms with Gasteiger partial charge in [-0.15, -0.1) is 11.3 Å². The van der Waals surface area contributed by atoms with Gasteiger partial charge >= 0.3 is 0 Å². The second-order valence-electron chi connectivity index (χ2n) is 6.18. The van der Waals surface area contributed by atoms with E-state index in [0.29, 0.717) is 23.7 Å². The van der Waals surface area contributed by atoms with Gasteiger partial charge in [-0.05, 0) is 37.8 Å². The number of hydrogen-bond donors (Lipinski definition) is 1. The highest BCUT2D eigenvalue weighted by Gasteiger charge is 2.40. The summed E-state index contributed by atoms with van der Waals surface area (Å²) in [6.07, 6.45) is 6.75. The van der Waals surface area contributed by atoms with Crippen molar-refractivity contribution in [3.8, 4) is 0 Å². The van der Waals surface area contributed by atoms with Crippen LogP contribution in [0.15, 0.2) is 16.3 Å². The summed E-state index contributed by atoms with van der Waals surface area (Å²) in [7, 11) is -3.65. The van der Waals surface area contributed by atoms with Crippen LogP contribution in [0.3, 0.4) is 0 Å². The number of hydrogen-bond acceptors (Lipinski definition) is 4. The van der Waals surface area contributed by atoms with E-state index in [1.165, 1.54) is 16.8 Å². The molecule has 1 aliphatic heterocycles. The van der Waals surface area contributed by atoms with Crippen molar-refractivity contribution in [3.05, 3.63) is 16.5 Å². The van der Waals surface area contributed by atoms with Gasteiger partial charge in [0.1, 0.15) is 10.3 Å². The standard InChI is InChI=1S/C15H21ClN2O3S2/c16-13-8-9-14(22-13)23(20,21)18-10-4-7-12(18)15(19)17-11-5-2-1-3-6-11/h8-9,11-12H,1-7,10H2,(H,17,19)/t12-/m1/s1. The lowest BCUT2D eigenvalue weighted by Gasteiger charge is -2.27. The number of carbonyl (C=O) groups is 1. The van der Waals surface area contributed by atoms with E-state index in [4.69, 9.17) is 11.6 Å². The third-order valence-corrected chi connectivity index (χ3v) is 8.18. The van der Waals surface area contributed by atoms with Crippen LogP contribution in [0.5, 0.6) is 0 Å². The molecule has 8 heteroatoms. The van der Waals surface area contributed by atoms with Gasteiger partial charge in [0.2, 0.25) is 5.91 Å². The van der Waals surface area contributed by atoms with Gasteiger partial charge in [-0.25, -0.2) is 8.42 Å². The number of thiophene rings is 1. The van der Waals surface area contributed by atoms with Crippen molar-refractivity contribution in [1.82, 2.24) is 9.62 Å². The van der Waals surface area contributed by atoms with E-state index in [2.05, 4.69) is 5.32 Å². The number of carbonyl (C=O) groups excluding carboxylic acids is 1. The maximum Gasteiger partial charge on any atom is 0.253 e. The quantitative estimate of drug-likeness (QED) is 0.878. The van der Waals surface area contributed by atoms with Crippen molar-refractivity contribution in [3.63, 3.8) is 0 Å². The second-order valence-corrected chi connectivity index (χ2v) is 10.0. The summed E-state index contributed by atoms with van der Waals surface area (Å²) in [4.78, 5) is 12.6. The lowest BCUT2D eigenvalue weighted by Crippen LogP contribution is -2.49. The van der Waals surface area contributed by atoms with Crippen LogP contribution in [0.1, 0.15) is 44.9 Å². The summed E-state index contributed by atoms with van der Waals surface area (Å²) in [5.41, 5.74) is 0. The number of halogens is 1. The summed E-state index contributed by atoms with van der Waals surface area (Å²) in [5.74, 6) is -0.152. The Morgan fingerprint density at radius 2 is 1.91 bits per heavy atom. The molecule has 1 saturated heterocycles. The zero-order valence-electron chi connectivity index (χ0n) is 12.8. The molecule has 0 spiro atoms. The molecular weight excluding hydrogens is 356 g/mol. The van der Waals surface area contributed by atoms with Crippen molar-refractivity contribution in [2.24, 2.45) is 0 Å². The lowest BCUT2D eigenvalue weighted by molar-refractivity contribution is -0.125. The van der Waals surface area contributed by atoms with Crippen LogP contribution in [0.4, 0.5) is 0 Å². The van der Waals surface area contributed by atoms with Gasteiger partial charge in [0.25, 0.3) is 10.0 Å². The lowest BCUT2D eigenvalue weighted by atomic mass is 9.95. The van der Waals surface area contributed by atoms with Crippen molar-refractivity contribution in [2.45, 2.75) is 61.2 Å². The Kier molecular flexibility index (Phi) is 5.30. The molecular formula is C15H21ClN2O3S2. The summed E-state index contributed by atoms with van der Waals surface area (Å²) < 4.78 is 27.5. The van der Waals surface area contributed by atoms with Gasteiger partial charge in [0.05, 0.1) is 4.34 Å². The van der Waals surface area contributed by atoms with E-state index in [1.807, 2.05) is 0 Å². The molecule has 1 N–H and O–H groups in total. The highest BCUT2D eigenvalue weighted by molar-refractivity contribution is 7.91. The minimum Gasteiger partial charge on any atom is -0.352 e. The van der Waals surface area contributed by atoms with E-state index in [1.54, 1.807) is 6.07 Å². The third kappa shape index (κ3) is 3.73. The topological polar surface area (TPSA) is 66.5 Å². The van der Waals surface area contributed by atoms with E-state index in [-0.39, 0.29) is 16.2 Å². The van der Waals surface area contributed by atoms with Crippen LogP contribution in [0.25, 0.3) is 0 Å². The zero-order valence-corrected chi connectivity index (χ0v) is 15.2. The van der Waals surface area contributed by atoms with Gasteiger partial charge in [-0.1, -0.05) is 30.9 Å². The molecule has 0 bridgehead atoms. The fourth-order valence-corrected chi connectivity index (χ4v) is 6.65. The molecule has 1 aliphatic carbocycles. The van der Waals surface area contributed by atoms with E-state index < -0.39 is 16.1 Å². The maximum atomic E-state index is 12.8. The molecule has 1 aromatic rings. The first-order valence-corrected chi connectivity index (χ1v) is 10.7. The van der Waals surface area contributed by atoms with E-state index in [0.717, 1.165) is 37.0 Å². The number of nitrogens with zero attached hydrogens (tertiary/aromatic N) is 1. The first kappa shape index (κ1) is 17.2. The monoisotopic (exact) mass is 376 g/mol. The van der Waals surface area contributed by atoms with Crippen LogP contribution in [-0.4, -0.2) is 37.3 Å². The number of rotatable bonds is 4. The maximum absolute atomic E-state index is 12.8. The average molecular weight is 377 g/mol. The molecule has 0 radical (unpaired) electrons. The molecule has 1 amide bonds. The van der Waals surface area contributed by atoms with E-state index in [9.17, 15) is 13.2 Å². The van der Waals surface area contributed by atoms with Crippen LogP contribution < -0.4 is 5.32 Å². The summed E-state index contributed by atoms with van der Waals surface area (Å²) >= 11 is 6.89. The fourth-order valence-electron chi connectivity index (χ4n) is 3.39. The largest absolute Gasteiger partial charge is 0.352 e. The Hall–Kier alpha value is -0.630. The number of amides is 1. The molecule has 0 aromatic carbocycles. The molecule has 5 nitrogen and oxygen atoms in total. The SMILES string of the molecule is O=C(NC1CCCCC1)[C@H]1CCCN1S(=O)(=O)c1ccc(Cl)s1. The predicted molar refractivity (Wildman–Crippen MR) is 91.3 cm³/mol. The minimum absolute atomic E-state index is 0.152. The molecule has 1 atom stereocenters. The summed E-state index contributed by atoms with van der Waals surface area (Å²) in [5, 5.41) is 3.05. The normalized spacial score (nSPS) is 24.0. The smallest absolute Gasteiger partial charge is 0.253 e. The minimum atomic E-state index is -3.65. The van der Waals surface area contributed by atoms with Crippen LogP contribution in [-0.2, 0) is 14.8 Å². The number of nitrogens with one attached hydrogen (secondary N) is 1. The van der Waals surface area contributed by atoms with Crippen molar-refractivity contribution >= 4 is 38.9 Å². The predicted octanol–water partition coefficient (Wildman–Crippen LogP) is 3.00. The Morgan fingerprint density at radius 1 is 1.17 bits per heavy atom. The molecule has 3 rings (SSSR count). The van der Waals surface area contributed by atoms with Crippen LogP contribution >= 0.6 is 22.9 Å². The van der Waals surface area contributed by atoms with Gasteiger partial charge in [-0.2, -0.15) is 4.31 Å². The molecule has 1 aromatic heterocycles. The van der Waals surface area contributed by atoms with Crippen molar-refractivity contribution in [2.75, 3.05) is 6.54 Å². The Morgan fingerprint density at radius 3 is 2.57 bits per heavy atom. The summed E-state index contributed by atoms with van der Waals surface area (Å²) in [6.45, 7) is 0.389. The fraction of sp³-hybridized carbons (Fsp3) is 0.667. The van der Waals surface area contributed by atoms with Crippen LogP contribution in [0, 0.1) is 0 Å². The third-order valence-electron chi connectivity index (χ3n) is 4.57. The Labute approximate surface area is 146 Å². The Bertz CT molecular complexity index is 668. The molecule has 2 aliphatic rings. The highest BCUT2D eigenvalue weighted by Crippen LogP contribution is 2.32. The van der Waals surface area contributed by atoms with Crippen molar-refractivity contribution < 1.29 is 13.2 Å². The Balaban J connectivity index is 1.73. The zero-order chi connectivity index (χ0) is 16.4. The molecule has 1 saturated carbocycles. The molecule has 2 fully saturated rings. The van der Waals surface area contributed by atoms with Crippen LogP contribution in [0.2, 0.25) is 4.34 Å². The molecule has 128 valence electrons. The number of sulfonamides is 1. The van der Waals surface area contributed by atoms with Gasteiger partial charge < -0.3 is 5.32 Å². The van der Waals surface area contributed by atoms with Crippen molar-refractivity contribution in [1.29, 1.82) is 0 Å². The van der Waals surface area contributed by atoms with Gasteiger partial charge in [-0.3, -0.25) is 4.79 Å². The van der Waals surface area contributed by atoms with E-state index >= 15 is 0 Å². The second kappa shape index (κ2) is 7.09. The highest BCUT2D eigenvalue weighted by atomic mass is 35.5. The van der Waals surface area contributed by atoms with Gasteiger partial charge in [0.15, 0.2) is 0 Å². The molecule has 23 heavy (non-hydrogen) atoms. The first-order chi connectivity index (χ1) is 11.0.